The summed E-state index contributed by atoms with van der Waals surface area (Å²) in [7, 11) is 0. The molecule has 0 fully saturated rings. The number of rotatable bonds is 5. The SMILES string of the molecule is CC(C)NCc1cc(F)c(Sc2ccc(F)cc2)c(F)c1. The fourth-order valence-electron chi connectivity index (χ4n) is 1.75. The zero-order valence-electron chi connectivity index (χ0n) is 11.8. The Morgan fingerprint density at radius 3 is 2.10 bits per heavy atom. The van der Waals surface area contributed by atoms with E-state index >= 15 is 0 Å². The first-order valence-corrected chi connectivity index (χ1v) is 7.42. The smallest absolute Gasteiger partial charge is 0.140 e. The minimum Gasteiger partial charge on any atom is -0.310 e. The Hall–Kier alpha value is -1.46. The minimum atomic E-state index is -0.607. The lowest BCUT2D eigenvalue weighted by atomic mass is 10.2. The summed E-state index contributed by atoms with van der Waals surface area (Å²) >= 11 is 0.946. The highest BCUT2D eigenvalue weighted by Gasteiger charge is 2.13. The molecular formula is C16H16F3NS. The van der Waals surface area contributed by atoms with Gasteiger partial charge in [-0.3, -0.25) is 0 Å². The monoisotopic (exact) mass is 311 g/mol. The Balaban J connectivity index is 2.18. The van der Waals surface area contributed by atoms with Gasteiger partial charge < -0.3 is 5.32 Å². The van der Waals surface area contributed by atoms with Crippen LogP contribution >= 0.6 is 11.8 Å². The molecule has 0 radical (unpaired) electrons. The van der Waals surface area contributed by atoms with Gasteiger partial charge in [0, 0.05) is 17.5 Å². The maximum absolute atomic E-state index is 14.0. The van der Waals surface area contributed by atoms with Crippen LogP contribution in [0.1, 0.15) is 19.4 Å². The van der Waals surface area contributed by atoms with E-state index in [1.54, 1.807) is 0 Å². The second-order valence-corrected chi connectivity index (χ2v) is 6.06. The lowest BCUT2D eigenvalue weighted by molar-refractivity contribution is 0.529. The highest BCUT2D eigenvalue weighted by molar-refractivity contribution is 7.99. The van der Waals surface area contributed by atoms with Crippen molar-refractivity contribution in [1.82, 2.24) is 5.32 Å². The van der Waals surface area contributed by atoms with Gasteiger partial charge in [0.1, 0.15) is 17.5 Å². The quantitative estimate of drug-likeness (QED) is 0.855. The van der Waals surface area contributed by atoms with Gasteiger partial charge >= 0.3 is 0 Å². The van der Waals surface area contributed by atoms with Crippen molar-refractivity contribution in [2.75, 3.05) is 0 Å². The number of nitrogens with one attached hydrogen (secondary N) is 1. The van der Waals surface area contributed by atoms with E-state index < -0.39 is 11.6 Å². The topological polar surface area (TPSA) is 12.0 Å². The number of hydrogen-bond acceptors (Lipinski definition) is 2. The number of benzene rings is 2. The predicted octanol–water partition coefficient (Wildman–Crippen LogP) is 4.75. The van der Waals surface area contributed by atoms with E-state index in [1.165, 1.54) is 36.4 Å². The van der Waals surface area contributed by atoms with Crippen molar-refractivity contribution in [2.24, 2.45) is 0 Å². The van der Waals surface area contributed by atoms with Crippen LogP contribution in [-0.2, 0) is 6.54 Å². The molecule has 0 aliphatic carbocycles. The Kier molecular flexibility index (Phi) is 5.31. The lowest BCUT2D eigenvalue weighted by Crippen LogP contribution is -2.22. The van der Waals surface area contributed by atoms with E-state index in [0.29, 0.717) is 17.0 Å². The van der Waals surface area contributed by atoms with Crippen molar-refractivity contribution in [2.45, 2.75) is 36.2 Å². The molecular weight excluding hydrogens is 295 g/mol. The van der Waals surface area contributed by atoms with Gasteiger partial charge in [0.15, 0.2) is 0 Å². The van der Waals surface area contributed by atoms with Gasteiger partial charge in [0.05, 0.1) is 4.90 Å². The van der Waals surface area contributed by atoms with E-state index in [4.69, 9.17) is 0 Å². The number of halogens is 3. The molecule has 2 aromatic carbocycles. The minimum absolute atomic E-state index is 0.0742. The van der Waals surface area contributed by atoms with Gasteiger partial charge in [-0.05, 0) is 42.0 Å². The molecule has 0 aliphatic heterocycles. The maximum atomic E-state index is 14.0. The molecule has 0 unspecified atom stereocenters. The van der Waals surface area contributed by atoms with Crippen molar-refractivity contribution in [3.05, 3.63) is 59.4 Å². The van der Waals surface area contributed by atoms with Crippen LogP contribution in [0.3, 0.4) is 0 Å². The first-order chi connectivity index (χ1) is 9.95. The summed E-state index contributed by atoms with van der Waals surface area (Å²) in [5.74, 6) is -1.59. The van der Waals surface area contributed by atoms with Crippen molar-refractivity contribution in [3.63, 3.8) is 0 Å². The maximum Gasteiger partial charge on any atom is 0.140 e. The zero-order chi connectivity index (χ0) is 15.4. The first kappa shape index (κ1) is 15.9. The molecule has 0 aliphatic rings. The Morgan fingerprint density at radius 1 is 1.00 bits per heavy atom. The summed E-state index contributed by atoms with van der Waals surface area (Å²) in [4.78, 5) is 0.511. The van der Waals surface area contributed by atoms with Crippen LogP contribution in [0.15, 0.2) is 46.2 Å². The molecule has 5 heteroatoms. The summed E-state index contributed by atoms with van der Waals surface area (Å²) in [6.45, 7) is 4.34. The van der Waals surface area contributed by atoms with E-state index in [-0.39, 0.29) is 16.8 Å². The van der Waals surface area contributed by atoms with Gasteiger partial charge in [-0.2, -0.15) is 0 Å². The molecule has 0 saturated carbocycles. The van der Waals surface area contributed by atoms with E-state index in [1.807, 2.05) is 13.8 Å². The molecule has 0 amide bonds. The van der Waals surface area contributed by atoms with E-state index in [2.05, 4.69) is 5.32 Å². The summed E-state index contributed by atoms with van der Waals surface area (Å²) in [5.41, 5.74) is 0.558. The fraction of sp³-hybridized carbons (Fsp3) is 0.250. The highest BCUT2D eigenvalue weighted by Crippen LogP contribution is 2.32. The van der Waals surface area contributed by atoms with Crippen LogP contribution in [0, 0.1) is 17.5 Å². The second kappa shape index (κ2) is 7.00. The standard InChI is InChI=1S/C16H16F3NS/c1-10(2)20-9-11-7-14(18)16(15(19)8-11)21-13-5-3-12(17)4-6-13/h3-8,10,20H,9H2,1-2H3. The largest absolute Gasteiger partial charge is 0.310 e. The van der Waals surface area contributed by atoms with Crippen LogP contribution in [0.5, 0.6) is 0 Å². The summed E-state index contributed by atoms with van der Waals surface area (Å²) < 4.78 is 40.9. The molecule has 2 rings (SSSR count). The van der Waals surface area contributed by atoms with Crippen LogP contribution in [-0.4, -0.2) is 6.04 Å². The molecule has 0 saturated heterocycles. The Labute approximate surface area is 126 Å². The van der Waals surface area contributed by atoms with Gasteiger partial charge in [-0.15, -0.1) is 0 Å². The van der Waals surface area contributed by atoms with Gasteiger partial charge in [0.2, 0.25) is 0 Å². The summed E-state index contributed by atoms with van der Waals surface area (Å²) in [6.07, 6.45) is 0. The van der Waals surface area contributed by atoms with E-state index in [9.17, 15) is 13.2 Å². The molecule has 21 heavy (non-hydrogen) atoms. The molecule has 0 aromatic heterocycles. The molecule has 2 aromatic rings. The first-order valence-electron chi connectivity index (χ1n) is 6.60. The van der Waals surface area contributed by atoms with Crippen molar-refractivity contribution >= 4 is 11.8 Å². The van der Waals surface area contributed by atoms with Crippen molar-refractivity contribution < 1.29 is 13.2 Å². The highest BCUT2D eigenvalue weighted by atomic mass is 32.2. The summed E-state index contributed by atoms with van der Waals surface area (Å²) in [5, 5.41) is 3.11. The van der Waals surface area contributed by atoms with E-state index in [0.717, 1.165) is 11.8 Å². The third-order valence-corrected chi connectivity index (χ3v) is 3.91. The molecule has 0 bridgehead atoms. The van der Waals surface area contributed by atoms with Crippen LogP contribution in [0.4, 0.5) is 13.2 Å². The van der Waals surface area contributed by atoms with Gasteiger partial charge in [-0.25, -0.2) is 13.2 Å². The molecule has 1 N–H and O–H groups in total. The molecule has 112 valence electrons. The fourth-order valence-corrected chi connectivity index (χ4v) is 2.58. The van der Waals surface area contributed by atoms with Gasteiger partial charge in [0.25, 0.3) is 0 Å². The zero-order valence-corrected chi connectivity index (χ0v) is 12.6. The Morgan fingerprint density at radius 2 is 1.57 bits per heavy atom. The average molecular weight is 311 g/mol. The summed E-state index contributed by atoms with van der Waals surface area (Å²) in [6, 6.07) is 8.40. The number of hydrogen-bond donors (Lipinski definition) is 1. The van der Waals surface area contributed by atoms with Crippen LogP contribution in [0.2, 0.25) is 0 Å². The third kappa shape index (κ3) is 4.51. The molecule has 0 spiro atoms. The normalized spacial score (nSPS) is 11.1. The van der Waals surface area contributed by atoms with Crippen molar-refractivity contribution in [1.29, 1.82) is 0 Å². The average Bonchev–Trinajstić information content (AvgIpc) is 2.42. The molecule has 1 nitrogen and oxygen atoms in total. The predicted molar refractivity (Wildman–Crippen MR) is 78.9 cm³/mol. The van der Waals surface area contributed by atoms with Crippen molar-refractivity contribution in [3.8, 4) is 0 Å². The third-order valence-electron chi connectivity index (χ3n) is 2.81. The van der Waals surface area contributed by atoms with Crippen LogP contribution in [0.25, 0.3) is 0 Å². The molecule has 0 atom stereocenters. The lowest BCUT2D eigenvalue weighted by Gasteiger charge is -2.11. The van der Waals surface area contributed by atoms with Gasteiger partial charge in [-0.1, -0.05) is 25.6 Å². The second-order valence-electron chi connectivity index (χ2n) is 4.98. The molecule has 0 heterocycles. The Bertz CT molecular complexity index is 588. The van der Waals surface area contributed by atoms with Crippen LogP contribution < -0.4 is 5.32 Å².